The molecule has 0 aliphatic rings. The van der Waals surface area contributed by atoms with Crippen molar-refractivity contribution < 1.29 is 14.6 Å². The van der Waals surface area contributed by atoms with Crippen LogP contribution in [0.3, 0.4) is 0 Å². The van der Waals surface area contributed by atoms with E-state index in [9.17, 15) is 9.90 Å². The van der Waals surface area contributed by atoms with Gasteiger partial charge in [-0.3, -0.25) is 4.79 Å². The van der Waals surface area contributed by atoms with Gasteiger partial charge in [-0.25, -0.2) is 0 Å². The van der Waals surface area contributed by atoms with Crippen molar-refractivity contribution in [2.24, 2.45) is 7.05 Å². The van der Waals surface area contributed by atoms with Crippen LogP contribution in [0, 0.1) is 0 Å². The molecule has 0 saturated heterocycles. The maximum absolute atomic E-state index is 12.4. The number of carbonyl (C=O) groups excluding carboxylic acids is 1. The van der Waals surface area contributed by atoms with Crippen molar-refractivity contribution in [2.75, 3.05) is 13.2 Å². The Bertz CT molecular complexity index is 886. The summed E-state index contributed by atoms with van der Waals surface area (Å²) in [5.74, 6) is 0.284. The molecule has 0 fully saturated rings. The molecule has 2 aromatic carbocycles. The Kier molecular flexibility index (Phi) is 5.05. The Hall–Kier alpha value is -2.79. The van der Waals surface area contributed by atoms with E-state index < -0.39 is 6.10 Å². The largest absolute Gasteiger partial charge is 0.493 e. The zero-order valence-corrected chi connectivity index (χ0v) is 14.4. The third kappa shape index (κ3) is 3.67. The van der Waals surface area contributed by atoms with Crippen molar-refractivity contribution in [3.05, 3.63) is 65.9 Å². The second-order valence-corrected chi connectivity index (χ2v) is 5.90. The van der Waals surface area contributed by atoms with Crippen LogP contribution in [0.5, 0.6) is 5.75 Å². The highest BCUT2D eigenvalue weighted by Crippen LogP contribution is 2.21. The predicted octanol–water partition coefficient (Wildman–Crippen LogP) is 3.04. The van der Waals surface area contributed by atoms with Gasteiger partial charge in [-0.2, -0.15) is 0 Å². The number of para-hydroxylation sites is 1. The molecule has 0 saturated carbocycles. The van der Waals surface area contributed by atoms with Gasteiger partial charge in [-0.1, -0.05) is 18.2 Å². The Morgan fingerprint density at radius 3 is 2.84 bits per heavy atom. The van der Waals surface area contributed by atoms with Crippen molar-refractivity contribution in [3.63, 3.8) is 0 Å². The molecule has 3 rings (SSSR count). The van der Waals surface area contributed by atoms with Gasteiger partial charge in [0.15, 0.2) is 0 Å². The normalized spacial score (nSPS) is 12.1. The van der Waals surface area contributed by atoms with Gasteiger partial charge in [0.1, 0.15) is 5.75 Å². The lowest BCUT2D eigenvalue weighted by atomic mass is 10.1. The third-order valence-electron chi connectivity index (χ3n) is 4.18. The van der Waals surface area contributed by atoms with Crippen LogP contribution in [0.1, 0.15) is 28.9 Å². The van der Waals surface area contributed by atoms with E-state index in [4.69, 9.17) is 4.74 Å². The first-order valence-electron chi connectivity index (χ1n) is 8.33. The molecule has 5 nitrogen and oxygen atoms in total. The minimum Gasteiger partial charge on any atom is -0.493 e. The highest BCUT2D eigenvalue weighted by atomic mass is 16.5. The molecule has 0 aliphatic carbocycles. The molecule has 130 valence electrons. The summed E-state index contributed by atoms with van der Waals surface area (Å²) in [6.07, 6.45) is 1.21. The molecule has 25 heavy (non-hydrogen) atoms. The summed E-state index contributed by atoms with van der Waals surface area (Å²) in [5, 5.41) is 14.2. The zero-order chi connectivity index (χ0) is 17.8. The molecule has 0 radical (unpaired) electrons. The number of ether oxygens (including phenoxy) is 1. The van der Waals surface area contributed by atoms with Crippen molar-refractivity contribution in [2.45, 2.75) is 13.0 Å². The van der Waals surface area contributed by atoms with Crippen molar-refractivity contribution in [1.82, 2.24) is 9.88 Å². The average molecular weight is 338 g/mol. The van der Waals surface area contributed by atoms with Crippen LogP contribution in [0.25, 0.3) is 10.9 Å². The molecule has 1 amide bonds. The van der Waals surface area contributed by atoms with E-state index in [1.54, 1.807) is 18.2 Å². The number of aliphatic hydroxyl groups is 1. The van der Waals surface area contributed by atoms with Gasteiger partial charge in [-0.05, 0) is 48.2 Å². The molecular weight excluding hydrogens is 316 g/mol. The van der Waals surface area contributed by atoms with E-state index in [0.29, 0.717) is 17.9 Å². The number of hydrogen-bond donors (Lipinski definition) is 2. The van der Waals surface area contributed by atoms with Gasteiger partial charge in [0.2, 0.25) is 0 Å². The molecule has 0 aliphatic heterocycles. The molecule has 0 bridgehead atoms. The summed E-state index contributed by atoms with van der Waals surface area (Å²) in [7, 11) is 1.98. The minimum atomic E-state index is -0.771. The summed E-state index contributed by atoms with van der Waals surface area (Å²) in [4.78, 5) is 12.4. The smallest absolute Gasteiger partial charge is 0.255 e. The Balaban J connectivity index is 1.68. The summed E-state index contributed by atoms with van der Waals surface area (Å²) in [6.45, 7) is 2.50. The lowest BCUT2D eigenvalue weighted by Crippen LogP contribution is -2.28. The quantitative estimate of drug-likeness (QED) is 0.726. The minimum absolute atomic E-state index is 0.137. The Morgan fingerprint density at radius 1 is 1.24 bits per heavy atom. The van der Waals surface area contributed by atoms with Crippen molar-refractivity contribution in [1.29, 1.82) is 0 Å². The van der Waals surface area contributed by atoms with Gasteiger partial charge in [0, 0.05) is 25.3 Å². The van der Waals surface area contributed by atoms with Gasteiger partial charge in [-0.15, -0.1) is 0 Å². The lowest BCUT2D eigenvalue weighted by Gasteiger charge is -2.14. The number of nitrogens with zero attached hydrogens (tertiary/aromatic N) is 1. The fourth-order valence-corrected chi connectivity index (χ4v) is 2.85. The van der Waals surface area contributed by atoms with Gasteiger partial charge >= 0.3 is 0 Å². The number of benzene rings is 2. The monoisotopic (exact) mass is 338 g/mol. The maximum atomic E-state index is 12.4. The van der Waals surface area contributed by atoms with E-state index in [1.165, 1.54) is 0 Å². The molecule has 2 N–H and O–H groups in total. The second kappa shape index (κ2) is 7.40. The summed E-state index contributed by atoms with van der Waals surface area (Å²) >= 11 is 0. The van der Waals surface area contributed by atoms with Crippen LogP contribution < -0.4 is 10.1 Å². The third-order valence-corrected chi connectivity index (χ3v) is 4.18. The van der Waals surface area contributed by atoms with Crippen LogP contribution in [0.15, 0.2) is 54.7 Å². The lowest BCUT2D eigenvalue weighted by molar-refractivity contribution is 0.0912. The van der Waals surface area contributed by atoms with Crippen LogP contribution in [-0.2, 0) is 7.05 Å². The number of fused-ring (bicyclic) bond motifs is 1. The van der Waals surface area contributed by atoms with E-state index in [-0.39, 0.29) is 12.5 Å². The first kappa shape index (κ1) is 17.0. The molecule has 3 aromatic rings. The highest BCUT2D eigenvalue weighted by Gasteiger charge is 2.15. The summed E-state index contributed by atoms with van der Waals surface area (Å²) in [6, 6.07) is 14.9. The van der Waals surface area contributed by atoms with Gasteiger partial charge in [0.25, 0.3) is 5.91 Å². The number of aromatic nitrogens is 1. The van der Waals surface area contributed by atoms with Gasteiger partial charge in [0.05, 0.1) is 18.3 Å². The number of rotatable bonds is 6. The molecule has 0 unspecified atom stereocenters. The van der Waals surface area contributed by atoms with Crippen LogP contribution in [0.2, 0.25) is 0 Å². The summed E-state index contributed by atoms with van der Waals surface area (Å²) in [5.41, 5.74) is 2.35. The zero-order valence-electron chi connectivity index (χ0n) is 14.4. The Morgan fingerprint density at radius 2 is 2.04 bits per heavy atom. The van der Waals surface area contributed by atoms with E-state index in [2.05, 4.69) is 5.32 Å². The first-order valence-corrected chi connectivity index (χ1v) is 8.33. The number of aryl methyl sites for hydroxylation is 1. The molecule has 0 spiro atoms. The average Bonchev–Trinajstić information content (AvgIpc) is 3.00. The first-order chi connectivity index (χ1) is 12.1. The standard InChI is InChI=1S/C20H22N2O3/c1-3-25-19-7-5-4-6-16(19)20(24)21-13-18(23)15-8-9-17-14(12-15)10-11-22(17)2/h4-12,18,23H,3,13H2,1-2H3,(H,21,24)/t18-/m1/s1. The van der Waals surface area contributed by atoms with Gasteiger partial charge < -0.3 is 19.7 Å². The fourth-order valence-electron chi connectivity index (χ4n) is 2.85. The van der Waals surface area contributed by atoms with E-state index >= 15 is 0 Å². The fraction of sp³-hybridized carbons (Fsp3) is 0.250. The van der Waals surface area contributed by atoms with Crippen molar-refractivity contribution in [3.8, 4) is 5.75 Å². The highest BCUT2D eigenvalue weighted by molar-refractivity contribution is 5.96. The molecule has 1 heterocycles. The maximum Gasteiger partial charge on any atom is 0.255 e. The van der Waals surface area contributed by atoms with Crippen LogP contribution in [-0.4, -0.2) is 28.7 Å². The van der Waals surface area contributed by atoms with Crippen molar-refractivity contribution >= 4 is 16.8 Å². The van der Waals surface area contributed by atoms with Crippen LogP contribution in [0.4, 0.5) is 0 Å². The molecular formula is C20H22N2O3. The molecule has 1 aromatic heterocycles. The molecule has 1 atom stereocenters. The second-order valence-electron chi connectivity index (χ2n) is 5.90. The number of hydrogen-bond acceptors (Lipinski definition) is 3. The number of amides is 1. The predicted molar refractivity (Wildman–Crippen MR) is 97.8 cm³/mol. The topological polar surface area (TPSA) is 63.5 Å². The number of aliphatic hydroxyl groups excluding tert-OH is 1. The van der Waals surface area contributed by atoms with E-state index in [1.807, 2.05) is 55.1 Å². The molecule has 5 heteroatoms. The number of carbonyl (C=O) groups is 1. The number of nitrogens with one attached hydrogen (secondary N) is 1. The van der Waals surface area contributed by atoms with Crippen LogP contribution >= 0.6 is 0 Å². The Labute approximate surface area is 146 Å². The summed E-state index contributed by atoms with van der Waals surface area (Å²) < 4.78 is 7.50. The SMILES string of the molecule is CCOc1ccccc1C(=O)NC[C@@H](O)c1ccc2c(ccn2C)c1. The van der Waals surface area contributed by atoms with E-state index in [0.717, 1.165) is 16.5 Å².